The predicted octanol–water partition coefficient (Wildman–Crippen LogP) is 4.88. The summed E-state index contributed by atoms with van der Waals surface area (Å²) in [5.41, 5.74) is -0.0892. The molecule has 0 spiro atoms. The molecule has 0 aromatic heterocycles. The molecule has 1 aliphatic heterocycles. The van der Waals surface area contributed by atoms with Gasteiger partial charge in [0.15, 0.2) is 0 Å². The first kappa shape index (κ1) is 21.3. The molecule has 0 fully saturated rings. The Balaban J connectivity index is 2.54. The van der Waals surface area contributed by atoms with E-state index in [0.717, 1.165) is 18.2 Å². The highest BCUT2D eigenvalue weighted by atomic mass is 19.4. The fourth-order valence-electron chi connectivity index (χ4n) is 2.08. The summed E-state index contributed by atoms with van der Waals surface area (Å²) in [6.45, 7) is 0. The van der Waals surface area contributed by atoms with Crippen LogP contribution in [0.3, 0.4) is 0 Å². The molecule has 1 aromatic carbocycles. The Morgan fingerprint density at radius 3 is 1.78 bits per heavy atom. The normalized spacial score (nSPS) is 21.6. The molecule has 1 atom stereocenters. The van der Waals surface area contributed by atoms with Crippen molar-refractivity contribution in [3.8, 4) is 5.75 Å². The van der Waals surface area contributed by atoms with Gasteiger partial charge in [-0.25, -0.2) is 0 Å². The lowest BCUT2D eigenvalue weighted by atomic mass is 9.91. The van der Waals surface area contributed by atoms with Crippen molar-refractivity contribution in [1.29, 1.82) is 0 Å². The molecule has 0 aliphatic carbocycles. The number of rotatable bonds is 4. The molecule has 1 aromatic rings. The number of benzene rings is 1. The Bertz CT molecular complexity index is 754. The third-order valence-electron chi connectivity index (χ3n) is 3.66. The van der Waals surface area contributed by atoms with E-state index in [9.17, 15) is 53.4 Å². The predicted molar refractivity (Wildman–Crippen MR) is 66.9 cm³/mol. The summed E-state index contributed by atoms with van der Waals surface area (Å²) in [4.78, 5) is 0. The number of aliphatic hydroxyl groups is 1. The van der Waals surface area contributed by atoms with Crippen LogP contribution in [-0.4, -0.2) is 40.8 Å². The maximum absolute atomic E-state index is 14.0. The topological polar surface area (TPSA) is 29.5 Å². The molecule has 0 amide bonds. The van der Waals surface area contributed by atoms with Gasteiger partial charge in [-0.05, 0) is 18.2 Å². The van der Waals surface area contributed by atoms with Crippen molar-refractivity contribution in [1.82, 2.24) is 0 Å². The van der Waals surface area contributed by atoms with Gasteiger partial charge in [-0.3, -0.25) is 0 Å². The van der Waals surface area contributed by atoms with Crippen molar-refractivity contribution in [3.05, 3.63) is 35.9 Å². The van der Waals surface area contributed by atoms with Crippen LogP contribution >= 0.6 is 0 Å². The van der Waals surface area contributed by atoms with Gasteiger partial charge in [0.05, 0.1) is 0 Å². The SMILES string of the molecule is OC1(C(F)(F)C(F)(F)C(F)(F)C(F)(F)C(F)(F)F)C=Cc2ccccc2O1. The van der Waals surface area contributed by atoms with Crippen molar-refractivity contribution >= 4 is 6.08 Å². The zero-order chi connectivity index (χ0) is 21.1. The largest absolute Gasteiger partial charge is 0.460 e. The minimum atomic E-state index is -7.63. The summed E-state index contributed by atoms with van der Waals surface area (Å²) in [7, 11) is 0. The Hall–Kier alpha value is -2.05. The molecule has 13 heteroatoms. The number of halogens is 11. The number of para-hydroxylation sites is 1. The zero-order valence-corrected chi connectivity index (χ0v) is 12.5. The van der Waals surface area contributed by atoms with Gasteiger partial charge in [0, 0.05) is 5.56 Å². The average Bonchev–Trinajstić information content (AvgIpc) is 2.52. The highest BCUT2D eigenvalue weighted by Gasteiger charge is 2.90. The van der Waals surface area contributed by atoms with Gasteiger partial charge in [0.1, 0.15) is 5.75 Å². The van der Waals surface area contributed by atoms with Gasteiger partial charge in [0.25, 0.3) is 5.79 Å². The van der Waals surface area contributed by atoms with Crippen LogP contribution in [0.25, 0.3) is 6.08 Å². The average molecular weight is 416 g/mol. The van der Waals surface area contributed by atoms with Gasteiger partial charge in [-0.2, -0.15) is 48.3 Å². The minimum absolute atomic E-state index is 0.0892. The van der Waals surface area contributed by atoms with Crippen LogP contribution in [0, 0.1) is 0 Å². The Morgan fingerprint density at radius 1 is 0.741 bits per heavy atom. The molecule has 1 heterocycles. The first-order valence-electron chi connectivity index (χ1n) is 6.70. The quantitative estimate of drug-likeness (QED) is 0.709. The molecular formula is C14H7F11O2. The summed E-state index contributed by atoms with van der Waals surface area (Å²) in [6, 6.07) is 4.40. The lowest BCUT2D eigenvalue weighted by molar-refractivity contribution is -0.444. The first-order chi connectivity index (χ1) is 11.9. The number of alkyl halides is 11. The molecule has 0 saturated heterocycles. The van der Waals surface area contributed by atoms with E-state index in [2.05, 4.69) is 4.74 Å². The molecule has 0 saturated carbocycles. The third kappa shape index (κ3) is 2.74. The molecule has 2 rings (SSSR count). The smallest absolute Gasteiger partial charge is 0.452 e. The van der Waals surface area contributed by atoms with Crippen LogP contribution in [0.15, 0.2) is 30.3 Å². The van der Waals surface area contributed by atoms with Gasteiger partial charge in [0.2, 0.25) is 0 Å². The fourth-order valence-corrected chi connectivity index (χ4v) is 2.08. The molecule has 1 aliphatic rings. The van der Waals surface area contributed by atoms with Crippen molar-refractivity contribution in [2.75, 3.05) is 0 Å². The molecule has 152 valence electrons. The highest BCUT2D eigenvalue weighted by molar-refractivity contribution is 5.60. The summed E-state index contributed by atoms with van der Waals surface area (Å²) in [5.74, 6) is -34.5. The maximum atomic E-state index is 14.0. The summed E-state index contributed by atoms with van der Waals surface area (Å²) in [6.07, 6.45) is -7.03. The van der Waals surface area contributed by atoms with E-state index in [1.54, 1.807) is 0 Å². The Labute approximate surface area is 142 Å². The maximum Gasteiger partial charge on any atom is 0.460 e. The van der Waals surface area contributed by atoms with E-state index in [0.29, 0.717) is 6.08 Å². The van der Waals surface area contributed by atoms with Crippen molar-refractivity contribution in [3.63, 3.8) is 0 Å². The van der Waals surface area contributed by atoms with Gasteiger partial charge in [-0.1, -0.05) is 18.2 Å². The third-order valence-corrected chi connectivity index (χ3v) is 3.66. The van der Waals surface area contributed by atoms with Gasteiger partial charge >= 0.3 is 29.9 Å². The monoisotopic (exact) mass is 416 g/mol. The van der Waals surface area contributed by atoms with Crippen molar-refractivity contribution < 1.29 is 58.1 Å². The van der Waals surface area contributed by atoms with E-state index in [1.807, 2.05) is 0 Å². The summed E-state index contributed by atoms with van der Waals surface area (Å²) < 4.78 is 148. The summed E-state index contributed by atoms with van der Waals surface area (Å²) in [5, 5.41) is 9.61. The highest BCUT2D eigenvalue weighted by Crippen LogP contribution is 2.60. The van der Waals surface area contributed by atoms with Crippen LogP contribution in [0.4, 0.5) is 48.3 Å². The molecule has 1 N–H and O–H groups in total. The first-order valence-corrected chi connectivity index (χ1v) is 6.70. The molecule has 0 radical (unpaired) electrons. The molecular weight excluding hydrogens is 409 g/mol. The van der Waals surface area contributed by atoms with Gasteiger partial charge < -0.3 is 9.84 Å². The summed E-state index contributed by atoms with van der Waals surface area (Å²) >= 11 is 0. The van der Waals surface area contributed by atoms with E-state index in [1.165, 1.54) is 6.07 Å². The van der Waals surface area contributed by atoms with Crippen LogP contribution < -0.4 is 4.74 Å². The van der Waals surface area contributed by atoms with Crippen LogP contribution in [0.5, 0.6) is 5.75 Å². The Kier molecular flexibility index (Phi) is 4.50. The lowest BCUT2D eigenvalue weighted by Crippen LogP contribution is -2.72. The number of fused-ring (bicyclic) bond motifs is 1. The van der Waals surface area contributed by atoms with Crippen LogP contribution in [-0.2, 0) is 0 Å². The second-order valence-corrected chi connectivity index (χ2v) is 5.46. The van der Waals surface area contributed by atoms with Crippen LogP contribution in [0.2, 0.25) is 0 Å². The second-order valence-electron chi connectivity index (χ2n) is 5.46. The number of hydrogen-bond donors (Lipinski definition) is 1. The second kappa shape index (κ2) is 5.72. The van der Waals surface area contributed by atoms with E-state index < -0.39 is 41.4 Å². The van der Waals surface area contributed by atoms with Gasteiger partial charge in [-0.15, -0.1) is 0 Å². The van der Waals surface area contributed by atoms with E-state index in [4.69, 9.17) is 0 Å². The minimum Gasteiger partial charge on any atom is -0.452 e. The standard InChI is InChI=1S/C14H7F11O2/c15-10(16,9(26)6-5-7-3-1-2-4-8(7)27-9)11(17,18)12(19,20)13(21,22)14(23,24)25/h1-6,26H. The van der Waals surface area contributed by atoms with Crippen molar-refractivity contribution in [2.24, 2.45) is 0 Å². The number of hydrogen-bond acceptors (Lipinski definition) is 2. The molecule has 2 nitrogen and oxygen atoms in total. The zero-order valence-electron chi connectivity index (χ0n) is 12.5. The van der Waals surface area contributed by atoms with Crippen LogP contribution in [0.1, 0.15) is 5.56 Å². The lowest BCUT2D eigenvalue weighted by Gasteiger charge is -2.43. The van der Waals surface area contributed by atoms with E-state index >= 15 is 0 Å². The van der Waals surface area contributed by atoms with Crippen molar-refractivity contribution in [2.45, 2.75) is 35.7 Å². The number of ether oxygens (including phenoxy) is 1. The Morgan fingerprint density at radius 2 is 1.26 bits per heavy atom. The fraction of sp³-hybridized carbons (Fsp3) is 0.429. The van der Waals surface area contributed by atoms with E-state index in [-0.39, 0.29) is 11.6 Å². The molecule has 0 bridgehead atoms. The molecule has 1 unspecified atom stereocenters. The molecule has 27 heavy (non-hydrogen) atoms.